The zero-order valence-corrected chi connectivity index (χ0v) is 12.5. The molecule has 0 fully saturated rings. The molecule has 0 saturated heterocycles. The van der Waals surface area contributed by atoms with E-state index in [4.69, 9.17) is 10.7 Å². The second-order valence-electron chi connectivity index (χ2n) is 5.23. The van der Waals surface area contributed by atoms with Crippen molar-refractivity contribution in [2.24, 2.45) is 0 Å². The minimum Gasteiger partial charge on any atom is -0.383 e. The topological polar surface area (TPSA) is 61.7 Å². The van der Waals surface area contributed by atoms with E-state index in [0.29, 0.717) is 18.3 Å². The lowest BCUT2D eigenvalue weighted by atomic mass is 10.2. The maximum Gasteiger partial charge on any atom is 0.133 e. The molecule has 0 aromatic carbocycles. The summed E-state index contributed by atoms with van der Waals surface area (Å²) in [6.45, 7) is 11.8. The molecule has 2 rings (SSSR count). The first-order valence-corrected chi connectivity index (χ1v) is 7.07. The Balaban J connectivity index is 2.54. The standard InChI is InChI=1S/C15H23N5/c1-5-7-19-10-17-9-12(19)13-14(16)20(8-6-2)15(18-13)11(3)4/h6,9-11H,2,5,7-8,16H2,1,3-4H3. The molecule has 2 aromatic rings. The van der Waals surface area contributed by atoms with Crippen molar-refractivity contribution in [1.29, 1.82) is 0 Å². The largest absolute Gasteiger partial charge is 0.383 e. The predicted octanol–water partition coefficient (Wildman–Crippen LogP) is 3.05. The van der Waals surface area contributed by atoms with Crippen molar-refractivity contribution >= 4 is 5.82 Å². The number of allylic oxidation sites excluding steroid dienone is 1. The van der Waals surface area contributed by atoms with Crippen molar-refractivity contribution in [2.45, 2.75) is 46.2 Å². The van der Waals surface area contributed by atoms with Crippen LogP contribution in [-0.4, -0.2) is 19.1 Å². The summed E-state index contributed by atoms with van der Waals surface area (Å²) < 4.78 is 4.12. The third kappa shape index (κ3) is 2.48. The van der Waals surface area contributed by atoms with Crippen LogP contribution >= 0.6 is 0 Å². The molecule has 20 heavy (non-hydrogen) atoms. The Morgan fingerprint density at radius 3 is 2.80 bits per heavy atom. The fourth-order valence-electron chi connectivity index (χ4n) is 2.37. The number of aryl methyl sites for hydroxylation is 1. The van der Waals surface area contributed by atoms with E-state index in [1.807, 2.05) is 23.2 Å². The van der Waals surface area contributed by atoms with Gasteiger partial charge in [-0.3, -0.25) is 0 Å². The first-order valence-electron chi connectivity index (χ1n) is 7.07. The quantitative estimate of drug-likeness (QED) is 0.823. The lowest BCUT2D eigenvalue weighted by molar-refractivity contribution is 0.680. The summed E-state index contributed by atoms with van der Waals surface area (Å²) in [5, 5.41) is 0. The van der Waals surface area contributed by atoms with Gasteiger partial charge in [-0.05, 0) is 6.42 Å². The van der Waals surface area contributed by atoms with Gasteiger partial charge in [0.15, 0.2) is 0 Å². The van der Waals surface area contributed by atoms with Crippen molar-refractivity contribution in [3.63, 3.8) is 0 Å². The molecular formula is C15H23N5. The third-order valence-corrected chi connectivity index (χ3v) is 3.28. The van der Waals surface area contributed by atoms with Crippen LogP contribution in [0.15, 0.2) is 25.2 Å². The monoisotopic (exact) mass is 273 g/mol. The summed E-state index contributed by atoms with van der Waals surface area (Å²) >= 11 is 0. The van der Waals surface area contributed by atoms with Crippen molar-refractivity contribution in [3.05, 3.63) is 31.0 Å². The van der Waals surface area contributed by atoms with Gasteiger partial charge in [0.25, 0.3) is 0 Å². The highest BCUT2D eigenvalue weighted by atomic mass is 15.2. The Morgan fingerprint density at radius 1 is 1.45 bits per heavy atom. The van der Waals surface area contributed by atoms with E-state index in [0.717, 1.165) is 30.2 Å². The Labute approximate surface area is 120 Å². The van der Waals surface area contributed by atoms with Crippen molar-refractivity contribution in [3.8, 4) is 11.4 Å². The third-order valence-electron chi connectivity index (χ3n) is 3.28. The fourth-order valence-corrected chi connectivity index (χ4v) is 2.37. The summed E-state index contributed by atoms with van der Waals surface area (Å²) in [7, 11) is 0. The number of aromatic nitrogens is 4. The van der Waals surface area contributed by atoms with Crippen LogP contribution in [0.25, 0.3) is 11.4 Å². The summed E-state index contributed by atoms with van der Waals surface area (Å²) in [6, 6.07) is 0. The lowest BCUT2D eigenvalue weighted by Crippen LogP contribution is -2.07. The Morgan fingerprint density at radius 2 is 2.20 bits per heavy atom. The van der Waals surface area contributed by atoms with E-state index < -0.39 is 0 Å². The maximum absolute atomic E-state index is 6.30. The first-order chi connectivity index (χ1) is 9.60. The number of imidazole rings is 2. The van der Waals surface area contributed by atoms with Crippen molar-refractivity contribution in [1.82, 2.24) is 19.1 Å². The van der Waals surface area contributed by atoms with Crippen LogP contribution in [0, 0.1) is 0 Å². The summed E-state index contributed by atoms with van der Waals surface area (Å²) in [6.07, 6.45) is 6.56. The van der Waals surface area contributed by atoms with Gasteiger partial charge in [0.05, 0.1) is 18.2 Å². The summed E-state index contributed by atoms with van der Waals surface area (Å²) in [5.74, 6) is 1.99. The minimum atomic E-state index is 0.313. The highest BCUT2D eigenvalue weighted by Crippen LogP contribution is 2.29. The van der Waals surface area contributed by atoms with Gasteiger partial charge in [0, 0.05) is 19.0 Å². The van der Waals surface area contributed by atoms with Gasteiger partial charge in [0.1, 0.15) is 17.3 Å². The number of rotatable bonds is 6. The van der Waals surface area contributed by atoms with E-state index in [1.165, 1.54) is 0 Å². The van der Waals surface area contributed by atoms with Crippen LogP contribution in [-0.2, 0) is 13.1 Å². The molecule has 5 heteroatoms. The highest BCUT2D eigenvalue weighted by Gasteiger charge is 2.19. The van der Waals surface area contributed by atoms with Crippen molar-refractivity contribution < 1.29 is 0 Å². The molecule has 0 unspecified atom stereocenters. The van der Waals surface area contributed by atoms with Crippen LogP contribution in [0.2, 0.25) is 0 Å². The molecule has 5 nitrogen and oxygen atoms in total. The lowest BCUT2D eigenvalue weighted by Gasteiger charge is -2.09. The number of hydrogen-bond acceptors (Lipinski definition) is 3. The second-order valence-corrected chi connectivity index (χ2v) is 5.23. The van der Waals surface area contributed by atoms with Gasteiger partial charge in [-0.15, -0.1) is 6.58 Å². The molecule has 0 atom stereocenters. The van der Waals surface area contributed by atoms with Gasteiger partial charge in [-0.2, -0.15) is 0 Å². The number of hydrogen-bond donors (Lipinski definition) is 1. The van der Waals surface area contributed by atoms with Crippen LogP contribution < -0.4 is 5.73 Å². The first kappa shape index (κ1) is 14.4. The molecule has 0 aliphatic carbocycles. The van der Waals surface area contributed by atoms with Crippen LogP contribution in [0.4, 0.5) is 5.82 Å². The molecule has 2 aromatic heterocycles. The van der Waals surface area contributed by atoms with Crippen LogP contribution in [0.3, 0.4) is 0 Å². The smallest absolute Gasteiger partial charge is 0.133 e. The fraction of sp³-hybridized carbons (Fsp3) is 0.467. The van der Waals surface area contributed by atoms with Gasteiger partial charge >= 0.3 is 0 Å². The SMILES string of the molecule is C=CCn1c(C(C)C)nc(-c2cncn2CCC)c1N. The molecule has 2 heterocycles. The molecule has 0 amide bonds. The molecule has 0 aliphatic rings. The maximum atomic E-state index is 6.30. The van der Waals surface area contributed by atoms with E-state index >= 15 is 0 Å². The number of nitrogens with zero attached hydrogens (tertiary/aromatic N) is 4. The second kappa shape index (κ2) is 5.94. The van der Waals surface area contributed by atoms with Gasteiger partial charge in [0.2, 0.25) is 0 Å². The van der Waals surface area contributed by atoms with Crippen LogP contribution in [0.1, 0.15) is 38.9 Å². The Hall–Kier alpha value is -2.04. The Kier molecular flexibility index (Phi) is 4.27. The number of anilines is 1. The zero-order valence-electron chi connectivity index (χ0n) is 12.5. The van der Waals surface area contributed by atoms with Gasteiger partial charge in [-0.1, -0.05) is 26.8 Å². The van der Waals surface area contributed by atoms with Crippen LogP contribution in [0.5, 0.6) is 0 Å². The van der Waals surface area contributed by atoms with Crippen molar-refractivity contribution in [2.75, 3.05) is 5.73 Å². The van der Waals surface area contributed by atoms with E-state index in [9.17, 15) is 0 Å². The van der Waals surface area contributed by atoms with Gasteiger partial charge < -0.3 is 14.9 Å². The number of nitrogens with two attached hydrogens (primary N) is 1. The molecule has 0 radical (unpaired) electrons. The summed E-state index contributed by atoms with van der Waals surface area (Å²) in [5.41, 5.74) is 8.10. The average Bonchev–Trinajstić information content (AvgIpc) is 2.97. The molecule has 0 bridgehead atoms. The number of nitrogen functional groups attached to an aromatic ring is 1. The molecule has 2 N–H and O–H groups in total. The molecule has 0 saturated carbocycles. The minimum absolute atomic E-state index is 0.313. The molecule has 0 aliphatic heterocycles. The van der Waals surface area contributed by atoms with E-state index in [-0.39, 0.29) is 0 Å². The van der Waals surface area contributed by atoms with E-state index in [2.05, 4.69) is 36.9 Å². The predicted molar refractivity (Wildman–Crippen MR) is 82.4 cm³/mol. The van der Waals surface area contributed by atoms with E-state index in [1.54, 1.807) is 0 Å². The average molecular weight is 273 g/mol. The summed E-state index contributed by atoms with van der Waals surface area (Å²) in [4.78, 5) is 8.97. The zero-order chi connectivity index (χ0) is 14.7. The van der Waals surface area contributed by atoms with Gasteiger partial charge in [-0.25, -0.2) is 9.97 Å². The Bertz CT molecular complexity index is 591. The molecular weight excluding hydrogens is 250 g/mol. The highest BCUT2D eigenvalue weighted by molar-refractivity contribution is 5.68. The molecule has 108 valence electrons. The molecule has 0 spiro atoms. The normalized spacial score (nSPS) is 11.2.